The van der Waals surface area contributed by atoms with E-state index in [9.17, 15) is 0 Å². The first-order valence-electron chi connectivity index (χ1n) is 17.3. The van der Waals surface area contributed by atoms with Crippen LogP contribution in [-0.4, -0.2) is 0 Å². The van der Waals surface area contributed by atoms with Crippen LogP contribution in [0.1, 0.15) is 24.0 Å². The Bertz CT molecular complexity index is 2540. The summed E-state index contributed by atoms with van der Waals surface area (Å²) in [5.74, 6) is 0. The standard InChI is InChI=1S/C48H35NO/c1-3-14-34(15-4-1)38-20-12-22-41(31-38)49(46-26-9-7-24-43(46)35-16-5-2-6-17-35)42-23-13-21-39(32-42)36-18-11-19-37(30-36)40-28-29-45-44-25-8-10-27-47(44)50-48(45)33-40/h1-10,12-17,19-33H,11,18H2. The van der Waals surface area contributed by atoms with Gasteiger partial charge in [-0.15, -0.1) is 0 Å². The van der Waals surface area contributed by atoms with Gasteiger partial charge in [0.2, 0.25) is 0 Å². The first kappa shape index (κ1) is 29.7. The van der Waals surface area contributed by atoms with Gasteiger partial charge >= 0.3 is 0 Å². The van der Waals surface area contributed by atoms with E-state index in [1.807, 2.05) is 12.1 Å². The van der Waals surface area contributed by atoms with E-state index >= 15 is 0 Å². The maximum absolute atomic E-state index is 6.25. The molecule has 0 radical (unpaired) electrons. The Labute approximate surface area is 292 Å². The van der Waals surface area contributed by atoms with Crippen LogP contribution < -0.4 is 4.90 Å². The number of anilines is 3. The van der Waals surface area contributed by atoms with E-state index in [0.29, 0.717) is 0 Å². The molecule has 0 saturated carbocycles. The third-order valence-electron chi connectivity index (χ3n) is 9.74. The first-order chi connectivity index (χ1) is 24.8. The molecule has 0 bridgehead atoms. The number of hydrogen-bond acceptors (Lipinski definition) is 2. The van der Waals surface area contributed by atoms with Gasteiger partial charge in [0.1, 0.15) is 11.2 Å². The zero-order chi connectivity index (χ0) is 33.3. The lowest BCUT2D eigenvalue weighted by molar-refractivity contribution is 0.669. The van der Waals surface area contributed by atoms with Gasteiger partial charge < -0.3 is 9.32 Å². The molecule has 0 saturated heterocycles. The van der Waals surface area contributed by atoms with Crippen LogP contribution in [0.5, 0.6) is 0 Å². The summed E-state index contributed by atoms with van der Waals surface area (Å²) in [6.45, 7) is 0. The highest BCUT2D eigenvalue weighted by atomic mass is 16.3. The van der Waals surface area contributed by atoms with Gasteiger partial charge in [0.05, 0.1) is 5.69 Å². The van der Waals surface area contributed by atoms with Crippen molar-refractivity contribution in [3.05, 3.63) is 199 Å². The van der Waals surface area contributed by atoms with Gasteiger partial charge in [-0.05, 0) is 100 Å². The van der Waals surface area contributed by atoms with Crippen LogP contribution in [0.4, 0.5) is 17.1 Å². The SMILES string of the molecule is C1=C(c2ccc3c(c2)oc2ccccc23)C=C(c2cccc(N(c3cccc(-c4ccccc4)c3)c3ccccc3-c3ccccc3)c2)CC1. The molecule has 0 aliphatic heterocycles. The van der Waals surface area contributed by atoms with Crippen LogP contribution in [0.25, 0.3) is 55.3 Å². The highest BCUT2D eigenvalue weighted by molar-refractivity contribution is 6.06. The Morgan fingerprint density at radius 1 is 0.440 bits per heavy atom. The second-order valence-corrected chi connectivity index (χ2v) is 12.9. The number of allylic oxidation sites excluding steroid dienone is 4. The molecule has 0 unspecified atom stereocenters. The first-order valence-corrected chi connectivity index (χ1v) is 17.3. The maximum Gasteiger partial charge on any atom is 0.136 e. The van der Waals surface area contributed by atoms with Crippen molar-refractivity contribution in [2.45, 2.75) is 12.8 Å². The number of fused-ring (bicyclic) bond motifs is 3. The van der Waals surface area contributed by atoms with Crippen molar-refractivity contribution in [1.82, 2.24) is 0 Å². The van der Waals surface area contributed by atoms with Gasteiger partial charge in [-0.2, -0.15) is 0 Å². The van der Waals surface area contributed by atoms with E-state index in [1.165, 1.54) is 44.5 Å². The molecule has 1 aromatic heterocycles. The Morgan fingerprint density at radius 3 is 1.90 bits per heavy atom. The minimum absolute atomic E-state index is 0.928. The molecule has 0 fully saturated rings. The van der Waals surface area contributed by atoms with Crippen molar-refractivity contribution in [3.8, 4) is 22.3 Å². The number of para-hydroxylation sites is 2. The van der Waals surface area contributed by atoms with E-state index in [0.717, 1.165) is 51.8 Å². The summed E-state index contributed by atoms with van der Waals surface area (Å²) >= 11 is 0. The number of rotatable bonds is 7. The smallest absolute Gasteiger partial charge is 0.136 e. The minimum Gasteiger partial charge on any atom is -0.456 e. The highest BCUT2D eigenvalue weighted by Crippen LogP contribution is 2.43. The fourth-order valence-electron chi connectivity index (χ4n) is 7.29. The zero-order valence-corrected chi connectivity index (χ0v) is 27.7. The molecule has 1 aliphatic rings. The molecule has 2 nitrogen and oxygen atoms in total. The van der Waals surface area contributed by atoms with Crippen LogP contribution in [0.15, 0.2) is 192 Å². The number of furan rings is 1. The quantitative estimate of drug-likeness (QED) is 0.172. The van der Waals surface area contributed by atoms with E-state index in [-0.39, 0.29) is 0 Å². The Kier molecular flexibility index (Phi) is 7.68. The van der Waals surface area contributed by atoms with Crippen molar-refractivity contribution < 1.29 is 4.42 Å². The summed E-state index contributed by atoms with van der Waals surface area (Å²) < 4.78 is 6.25. The molecule has 2 heteroatoms. The second-order valence-electron chi connectivity index (χ2n) is 12.9. The molecule has 7 aromatic carbocycles. The predicted molar refractivity (Wildman–Crippen MR) is 211 cm³/mol. The summed E-state index contributed by atoms with van der Waals surface area (Å²) in [7, 11) is 0. The highest BCUT2D eigenvalue weighted by Gasteiger charge is 2.19. The summed E-state index contributed by atoms with van der Waals surface area (Å²) in [5.41, 5.74) is 15.0. The van der Waals surface area contributed by atoms with E-state index in [2.05, 4.69) is 181 Å². The van der Waals surface area contributed by atoms with Gasteiger partial charge in [-0.3, -0.25) is 0 Å². The average molecular weight is 642 g/mol. The molecule has 9 rings (SSSR count). The zero-order valence-electron chi connectivity index (χ0n) is 27.7. The van der Waals surface area contributed by atoms with Gasteiger partial charge in [0.25, 0.3) is 0 Å². The third kappa shape index (κ3) is 5.61. The lowest BCUT2D eigenvalue weighted by atomic mass is 9.90. The molecule has 1 aliphatic carbocycles. The largest absolute Gasteiger partial charge is 0.456 e. The van der Waals surface area contributed by atoms with Gasteiger partial charge in [0, 0.05) is 27.7 Å². The molecule has 1 heterocycles. The Hall–Kier alpha value is -6.38. The Balaban J connectivity index is 1.14. The van der Waals surface area contributed by atoms with Crippen LogP contribution in [-0.2, 0) is 0 Å². The molecule has 238 valence electrons. The predicted octanol–water partition coefficient (Wildman–Crippen LogP) is 13.7. The van der Waals surface area contributed by atoms with Crippen LogP contribution in [0.3, 0.4) is 0 Å². The van der Waals surface area contributed by atoms with Crippen molar-refractivity contribution in [1.29, 1.82) is 0 Å². The van der Waals surface area contributed by atoms with Crippen molar-refractivity contribution in [2.24, 2.45) is 0 Å². The summed E-state index contributed by atoms with van der Waals surface area (Å²) in [5, 5.41) is 2.32. The molecule has 50 heavy (non-hydrogen) atoms. The van der Waals surface area contributed by atoms with Gasteiger partial charge in [0.15, 0.2) is 0 Å². The maximum atomic E-state index is 6.25. The topological polar surface area (TPSA) is 16.4 Å². The Morgan fingerprint density at radius 2 is 1.08 bits per heavy atom. The number of nitrogens with zero attached hydrogens (tertiary/aromatic N) is 1. The van der Waals surface area contributed by atoms with Crippen LogP contribution in [0.2, 0.25) is 0 Å². The fraction of sp³-hybridized carbons (Fsp3) is 0.0417. The van der Waals surface area contributed by atoms with Crippen molar-refractivity contribution in [3.63, 3.8) is 0 Å². The van der Waals surface area contributed by atoms with Gasteiger partial charge in [-0.25, -0.2) is 0 Å². The van der Waals surface area contributed by atoms with Crippen molar-refractivity contribution in [2.75, 3.05) is 4.90 Å². The second kappa shape index (κ2) is 12.9. The lowest BCUT2D eigenvalue weighted by Gasteiger charge is -2.29. The summed E-state index contributed by atoms with van der Waals surface area (Å²) in [4.78, 5) is 2.41. The third-order valence-corrected chi connectivity index (χ3v) is 9.74. The number of hydrogen-bond donors (Lipinski definition) is 0. The van der Waals surface area contributed by atoms with E-state index in [1.54, 1.807) is 0 Å². The molecule has 0 amide bonds. The molecular weight excluding hydrogens is 607 g/mol. The van der Waals surface area contributed by atoms with Crippen LogP contribution >= 0.6 is 0 Å². The molecular formula is C48H35NO. The van der Waals surface area contributed by atoms with Crippen LogP contribution in [0, 0.1) is 0 Å². The molecule has 0 spiro atoms. The van der Waals surface area contributed by atoms with Crippen molar-refractivity contribution >= 4 is 50.1 Å². The lowest BCUT2D eigenvalue weighted by Crippen LogP contribution is -2.11. The van der Waals surface area contributed by atoms with E-state index in [4.69, 9.17) is 4.42 Å². The van der Waals surface area contributed by atoms with Gasteiger partial charge in [-0.1, -0.05) is 140 Å². The van der Waals surface area contributed by atoms with E-state index < -0.39 is 0 Å². The summed E-state index contributed by atoms with van der Waals surface area (Å²) in [6, 6.07) is 62.8. The monoisotopic (exact) mass is 641 g/mol. The fourth-order valence-corrected chi connectivity index (χ4v) is 7.29. The molecule has 0 atom stereocenters. The number of benzene rings is 7. The minimum atomic E-state index is 0.928. The summed E-state index contributed by atoms with van der Waals surface area (Å²) in [6.07, 6.45) is 6.70. The molecule has 8 aromatic rings. The normalized spacial score (nSPS) is 12.9. The molecule has 0 N–H and O–H groups in total. The average Bonchev–Trinajstić information content (AvgIpc) is 3.57.